The second kappa shape index (κ2) is 16.2. The van der Waals surface area contributed by atoms with E-state index in [9.17, 15) is 28.7 Å². The van der Waals surface area contributed by atoms with Crippen molar-refractivity contribution >= 4 is 57.7 Å². The molecule has 270 valence electrons. The SMILES string of the molecule is CCC(C)[C@H](NC(=O)[C@@]1(NC(=O)[C@H](CCc2ccc(O)cc2)NC(=O)CCc2ccccc2F)CCc2[nH]c3c(Cl)cc(Cl)cc3c2C1)C(N)=O. The summed E-state index contributed by atoms with van der Waals surface area (Å²) in [6.07, 6.45) is 1.66. The Morgan fingerprint density at radius 2 is 1.76 bits per heavy atom. The van der Waals surface area contributed by atoms with Crippen molar-refractivity contribution in [2.75, 3.05) is 0 Å². The predicted molar refractivity (Wildman–Crippen MR) is 195 cm³/mol. The molecule has 10 nitrogen and oxygen atoms in total. The van der Waals surface area contributed by atoms with E-state index in [1.165, 1.54) is 18.2 Å². The van der Waals surface area contributed by atoms with E-state index in [1.807, 2.05) is 6.92 Å². The lowest BCUT2D eigenvalue weighted by molar-refractivity contribution is -0.138. The van der Waals surface area contributed by atoms with Gasteiger partial charge in [-0.05, 0) is 85.0 Å². The fourth-order valence-electron chi connectivity index (χ4n) is 6.62. The van der Waals surface area contributed by atoms with E-state index in [1.54, 1.807) is 49.4 Å². The van der Waals surface area contributed by atoms with Crippen LogP contribution >= 0.6 is 23.2 Å². The zero-order chi connectivity index (χ0) is 36.9. The number of carbonyl (C=O) groups excluding carboxylic acids is 4. The zero-order valence-corrected chi connectivity index (χ0v) is 30.0. The first kappa shape index (κ1) is 37.6. The van der Waals surface area contributed by atoms with Crippen LogP contribution in [-0.4, -0.2) is 51.3 Å². The molecule has 4 atom stereocenters. The average molecular weight is 739 g/mol. The van der Waals surface area contributed by atoms with Crippen LogP contribution in [0.1, 0.15) is 61.9 Å². The molecular weight excluding hydrogens is 696 g/mol. The van der Waals surface area contributed by atoms with E-state index in [4.69, 9.17) is 28.9 Å². The third-order valence-electron chi connectivity index (χ3n) is 9.79. The fraction of sp³-hybridized carbons (Fsp3) is 0.368. The standard InChI is InChI=1S/C38H42Cl2FN5O5/c1-3-21(2)33(35(42)49)45-37(51)38(17-16-30-27(20-38)26-18-24(39)19-28(40)34(26)44-30)46-36(50)31(14-10-22-8-12-25(47)13-9-22)43-32(48)15-11-23-6-4-5-7-29(23)41/h4-9,12-13,18-19,21,31,33,44,47H,3,10-11,14-17,20H2,1-2H3,(H2,42,49)(H,43,48)(H,45,51)(H,46,50)/t21?,31-,33-,38+/m0/s1. The minimum atomic E-state index is -1.55. The van der Waals surface area contributed by atoms with Crippen LogP contribution < -0.4 is 21.7 Å². The Kier molecular flexibility index (Phi) is 11.9. The summed E-state index contributed by atoms with van der Waals surface area (Å²) in [4.78, 5) is 57.9. The molecule has 1 heterocycles. The van der Waals surface area contributed by atoms with E-state index < -0.39 is 47.1 Å². The number of fused-ring (bicyclic) bond motifs is 3. The van der Waals surface area contributed by atoms with Gasteiger partial charge >= 0.3 is 0 Å². The Morgan fingerprint density at radius 1 is 1.04 bits per heavy atom. The molecule has 0 fully saturated rings. The summed E-state index contributed by atoms with van der Waals surface area (Å²) in [6, 6.07) is 13.9. The number of benzene rings is 3. The number of rotatable bonds is 14. The van der Waals surface area contributed by atoms with E-state index in [2.05, 4.69) is 20.9 Å². The molecule has 0 spiro atoms. The highest BCUT2D eigenvalue weighted by molar-refractivity contribution is 6.38. The van der Waals surface area contributed by atoms with Gasteiger partial charge in [0.1, 0.15) is 29.2 Å². The number of nitrogens with two attached hydrogens (primary N) is 1. The number of aryl methyl sites for hydroxylation is 3. The van der Waals surface area contributed by atoms with Gasteiger partial charge in [0, 0.05) is 28.9 Å². The maximum absolute atomic E-state index is 14.4. The highest BCUT2D eigenvalue weighted by Gasteiger charge is 2.46. The van der Waals surface area contributed by atoms with E-state index in [-0.39, 0.29) is 43.8 Å². The number of phenols is 1. The van der Waals surface area contributed by atoms with Gasteiger partial charge in [0.2, 0.25) is 23.6 Å². The van der Waals surface area contributed by atoms with Crippen molar-refractivity contribution < 1.29 is 28.7 Å². The topological polar surface area (TPSA) is 166 Å². The van der Waals surface area contributed by atoms with Crippen molar-refractivity contribution in [3.05, 3.63) is 98.9 Å². The summed E-state index contributed by atoms with van der Waals surface area (Å²) in [7, 11) is 0. The number of phenolic OH excluding ortho intramolecular Hbond substituents is 1. The third kappa shape index (κ3) is 8.83. The van der Waals surface area contributed by atoms with E-state index in [0.717, 1.165) is 16.8 Å². The van der Waals surface area contributed by atoms with Crippen LogP contribution in [0.2, 0.25) is 10.0 Å². The van der Waals surface area contributed by atoms with Gasteiger partial charge in [-0.15, -0.1) is 0 Å². The van der Waals surface area contributed by atoms with Crippen LogP contribution in [0.15, 0.2) is 60.7 Å². The van der Waals surface area contributed by atoms with Gasteiger partial charge in [0.05, 0.1) is 10.5 Å². The molecule has 13 heteroatoms. The molecule has 0 aliphatic heterocycles. The molecule has 1 aliphatic carbocycles. The maximum atomic E-state index is 14.4. The molecule has 1 unspecified atom stereocenters. The number of aromatic nitrogens is 1. The highest BCUT2D eigenvalue weighted by Crippen LogP contribution is 2.38. The molecular formula is C38H42Cl2FN5O5. The van der Waals surface area contributed by atoms with Crippen LogP contribution in [0.25, 0.3) is 10.9 Å². The van der Waals surface area contributed by atoms with Crippen molar-refractivity contribution in [2.45, 2.75) is 82.8 Å². The number of aromatic hydroxyl groups is 1. The molecule has 0 saturated carbocycles. The number of aromatic amines is 1. The maximum Gasteiger partial charge on any atom is 0.246 e. The number of halogens is 3. The molecule has 1 aliphatic rings. The second-order valence-electron chi connectivity index (χ2n) is 13.3. The van der Waals surface area contributed by atoms with Gasteiger partial charge in [-0.2, -0.15) is 0 Å². The van der Waals surface area contributed by atoms with Crippen LogP contribution in [0.3, 0.4) is 0 Å². The lowest BCUT2D eigenvalue weighted by Gasteiger charge is -2.39. The molecule has 7 N–H and O–H groups in total. The van der Waals surface area contributed by atoms with Gasteiger partial charge in [-0.3, -0.25) is 19.2 Å². The predicted octanol–water partition coefficient (Wildman–Crippen LogP) is 5.43. The molecule has 51 heavy (non-hydrogen) atoms. The van der Waals surface area contributed by atoms with Crippen LogP contribution in [0.4, 0.5) is 4.39 Å². The van der Waals surface area contributed by atoms with Gasteiger partial charge in [-0.25, -0.2) is 4.39 Å². The average Bonchev–Trinajstić information content (AvgIpc) is 3.46. The van der Waals surface area contributed by atoms with E-state index >= 15 is 0 Å². The molecule has 0 bridgehead atoms. The fourth-order valence-corrected chi connectivity index (χ4v) is 7.16. The highest BCUT2D eigenvalue weighted by atomic mass is 35.5. The Labute approximate surface area is 305 Å². The Morgan fingerprint density at radius 3 is 2.45 bits per heavy atom. The smallest absolute Gasteiger partial charge is 0.246 e. The zero-order valence-electron chi connectivity index (χ0n) is 28.5. The van der Waals surface area contributed by atoms with Crippen LogP contribution in [-0.2, 0) is 44.9 Å². The number of carbonyl (C=O) groups is 4. The summed E-state index contributed by atoms with van der Waals surface area (Å²) < 4.78 is 14.3. The van der Waals surface area contributed by atoms with Gasteiger partial charge in [0.15, 0.2) is 0 Å². The van der Waals surface area contributed by atoms with Crippen LogP contribution in [0, 0.1) is 11.7 Å². The largest absolute Gasteiger partial charge is 0.508 e. The van der Waals surface area contributed by atoms with Crippen molar-refractivity contribution in [3.63, 3.8) is 0 Å². The number of hydrogen-bond donors (Lipinski definition) is 6. The normalized spacial score (nSPS) is 17.2. The molecule has 4 aromatic rings. The Hall–Kier alpha value is -4.61. The number of primary amides is 1. The summed E-state index contributed by atoms with van der Waals surface area (Å²) in [6.45, 7) is 3.68. The summed E-state index contributed by atoms with van der Waals surface area (Å²) in [5.74, 6) is -2.99. The molecule has 5 rings (SSSR count). The lowest BCUT2D eigenvalue weighted by atomic mass is 9.78. The van der Waals surface area contributed by atoms with Crippen LogP contribution in [0.5, 0.6) is 5.75 Å². The van der Waals surface area contributed by atoms with Crippen molar-refractivity contribution in [2.24, 2.45) is 11.7 Å². The lowest BCUT2D eigenvalue weighted by Crippen LogP contribution is -2.66. The van der Waals surface area contributed by atoms with Gasteiger partial charge in [-0.1, -0.05) is 73.8 Å². The van der Waals surface area contributed by atoms with Crippen molar-refractivity contribution in [1.29, 1.82) is 0 Å². The van der Waals surface area contributed by atoms with Crippen molar-refractivity contribution in [3.8, 4) is 5.75 Å². The summed E-state index contributed by atoms with van der Waals surface area (Å²) >= 11 is 12.9. The first-order valence-corrected chi connectivity index (χ1v) is 17.8. The molecule has 0 saturated heterocycles. The minimum absolute atomic E-state index is 0.0362. The molecule has 4 amide bonds. The van der Waals surface area contributed by atoms with Crippen molar-refractivity contribution in [1.82, 2.24) is 20.9 Å². The third-order valence-corrected chi connectivity index (χ3v) is 10.3. The number of amides is 4. The first-order valence-electron chi connectivity index (χ1n) is 17.0. The molecule has 3 aromatic carbocycles. The second-order valence-corrected chi connectivity index (χ2v) is 14.1. The number of nitrogens with one attached hydrogen (secondary N) is 4. The first-order chi connectivity index (χ1) is 24.3. The number of H-pyrrole nitrogens is 1. The quantitative estimate of drug-likeness (QED) is 0.101. The summed E-state index contributed by atoms with van der Waals surface area (Å²) in [5, 5.41) is 19.9. The van der Waals surface area contributed by atoms with Gasteiger partial charge in [0.25, 0.3) is 0 Å². The summed E-state index contributed by atoms with van der Waals surface area (Å²) in [5.41, 5.74) is 7.59. The van der Waals surface area contributed by atoms with Gasteiger partial charge < -0.3 is 31.8 Å². The molecule has 1 aromatic heterocycles. The monoisotopic (exact) mass is 737 g/mol. The Balaban J connectivity index is 1.46. The number of hydrogen-bond acceptors (Lipinski definition) is 5. The molecule has 0 radical (unpaired) electrons. The Bertz CT molecular complexity index is 1930. The minimum Gasteiger partial charge on any atom is -0.508 e. The van der Waals surface area contributed by atoms with E-state index in [0.29, 0.717) is 45.8 Å².